The minimum Gasteiger partial charge on any atom is -0.465 e. The first-order valence-corrected chi connectivity index (χ1v) is 8.34. The van der Waals surface area contributed by atoms with E-state index in [9.17, 15) is 19.2 Å². The molecule has 0 unspecified atom stereocenters. The van der Waals surface area contributed by atoms with Gasteiger partial charge in [0.2, 0.25) is 11.6 Å². The molecular formula is C16H12O6S2. The summed E-state index contributed by atoms with van der Waals surface area (Å²) in [6, 6.07) is 6.21. The summed E-state index contributed by atoms with van der Waals surface area (Å²) >= 11 is 2.16. The summed E-state index contributed by atoms with van der Waals surface area (Å²) in [5.74, 6) is -3.67. The van der Waals surface area contributed by atoms with Crippen molar-refractivity contribution in [1.82, 2.24) is 0 Å². The smallest absolute Gasteiger partial charge is 0.342 e. The first kappa shape index (κ1) is 17.8. The summed E-state index contributed by atoms with van der Waals surface area (Å²) in [5, 5.41) is 3.28. The van der Waals surface area contributed by atoms with Crippen LogP contribution in [0.2, 0.25) is 0 Å². The second kappa shape index (κ2) is 7.80. The Bertz CT molecular complexity index is 732. The number of methoxy groups -OCH3 is 2. The van der Waals surface area contributed by atoms with Gasteiger partial charge in [0.15, 0.2) is 0 Å². The molecule has 0 aliphatic heterocycles. The molecule has 0 N–H and O–H groups in total. The van der Waals surface area contributed by atoms with E-state index >= 15 is 0 Å². The van der Waals surface area contributed by atoms with Crippen molar-refractivity contribution in [2.45, 2.75) is 0 Å². The van der Waals surface area contributed by atoms with Crippen LogP contribution in [0.4, 0.5) is 0 Å². The highest BCUT2D eigenvalue weighted by atomic mass is 32.1. The molecule has 2 heterocycles. The molecule has 0 atom stereocenters. The summed E-state index contributed by atoms with van der Waals surface area (Å²) < 4.78 is 9.21. The zero-order chi connectivity index (χ0) is 17.7. The number of Topliss-reactive ketones (excluding diaryl/α,β-unsaturated/α-hetero) is 2. The van der Waals surface area contributed by atoms with Gasteiger partial charge in [0.25, 0.3) is 0 Å². The van der Waals surface area contributed by atoms with Crippen molar-refractivity contribution in [2.75, 3.05) is 14.2 Å². The van der Waals surface area contributed by atoms with Crippen LogP contribution in [0.5, 0.6) is 0 Å². The molecule has 0 amide bonds. The van der Waals surface area contributed by atoms with Gasteiger partial charge < -0.3 is 9.47 Å². The molecule has 0 fully saturated rings. The van der Waals surface area contributed by atoms with Gasteiger partial charge in [-0.1, -0.05) is 12.1 Å². The number of carbonyl (C=O) groups is 4. The lowest BCUT2D eigenvalue weighted by Crippen LogP contribution is -2.25. The number of carbonyl (C=O) groups excluding carboxylic acids is 4. The number of rotatable bonds is 6. The third-order valence-electron chi connectivity index (χ3n) is 2.97. The molecule has 0 aliphatic rings. The quantitative estimate of drug-likeness (QED) is 0.257. The molecule has 2 rings (SSSR count). The van der Waals surface area contributed by atoms with Crippen molar-refractivity contribution in [1.29, 1.82) is 0 Å². The van der Waals surface area contributed by atoms with Crippen LogP contribution in [0.1, 0.15) is 19.3 Å². The Hall–Kier alpha value is -2.58. The molecule has 0 aromatic carbocycles. The maximum Gasteiger partial charge on any atom is 0.342 e. The van der Waals surface area contributed by atoms with E-state index in [1.165, 1.54) is 12.1 Å². The first-order valence-electron chi connectivity index (χ1n) is 6.58. The maximum absolute atomic E-state index is 12.6. The Labute approximate surface area is 145 Å². The van der Waals surface area contributed by atoms with Gasteiger partial charge in [0.1, 0.15) is 11.1 Å². The number of hydrogen-bond donors (Lipinski definition) is 0. The van der Waals surface area contributed by atoms with Crippen LogP contribution in [0.15, 0.2) is 46.2 Å². The van der Waals surface area contributed by atoms with Gasteiger partial charge in [0.05, 0.1) is 24.0 Å². The summed E-state index contributed by atoms with van der Waals surface area (Å²) in [4.78, 5) is 49.9. The van der Waals surface area contributed by atoms with Crippen LogP contribution in [0.3, 0.4) is 0 Å². The molecule has 0 aliphatic carbocycles. The Balaban J connectivity index is 2.68. The maximum atomic E-state index is 12.6. The van der Waals surface area contributed by atoms with E-state index in [1.807, 2.05) is 0 Å². The van der Waals surface area contributed by atoms with Gasteiger partial charge >= 0.3 is 11.9 Å². The van der Waals surface area contributed by atoms with E-state index in [0.717, 1.165) is 36.9 Å². The third-order valence-corrected chi connectivity index (χ3v) is 4.71. The zero-order valence-corrected chi connectivity index (χ0v) is 14.4. The van der Waals surface area contributed by atoms with Crippen molar-refractivity contribution in [2.24, 2.45) is 0 Å². The monoisotopic (exact) mass is 364 g/mol. The van der Waals surface area contributed by atoms with E-state index in [-0.39, 0.29) is 9.75 Å². The summed E-state index contributed by atoms with van der Waals surface area (Å²) in [7, 11) is 2.13. The van der Waals surface area contributed by atoms with Crippen LogP contribution >= 0.6 is 22.7 Å². The number of ketones is 2. The minimum absolute atomic E-state index is 0.204. The highest BCUT2D eigenvalue weighted by molar-refractivity contribution is 7.12. The lowest BCUT2D eigenvalue weighted by Gasteiger charge is -2.09. The van der Waals surface area contributed by atoms with Crippen molar-refractivity contribution in [3.8, 4) is 0 Å². The molecule has 0 saturated carbocycles. The summed E-state index contributed by atoms with van der Waals surface area (Å²) in [6.45, 7) is 0. The first-order chi connectivity index (χ1) is 11.5. The van der Waals surface area contributed by atoms with E-state index in [2.05, 4.69) is 9.47 Å². The zero-order valence-electron chi connectivity index (χ0n) is 12.7. The molecule has 2 aromatic heterocycles. The molecule has 24 heavy (non-hydrogen) atoms. The van der Waals surface area contributed by atoms with Crippen LogP contribution in [0, 0.1) is 0 Å². The van der Waals surface area contributed by atoms with Crippen LogP contribution in [0.25, 0.3) is 0 Å². The van der Waals surface area contributed by atoms with Crippen LogP contribution < -0.4 is 0 Å². The average molecular weight is 364 g/mol. The highest BCUT2D eigenvalue weighted by Crippen LogP contribution is 2.23. The Kier molecular flexibility index (Phi) is 5.78. The molecule has 0 bridgehead atoms. The molecule has 124 valence electrons. The van der Waals surface area contributed by atoms with E-state index in [0.29, 0.717) is 0 Å². The number of thiophene rings is 2. The molecular weight excluding hydrogens is 352 g/mol. The van der Waals surface area contributed by atoms with Crippen molar-refractivity contribution in [3.05, 3.63) is 55.9 Å². The van der Waals surface area contributed by atoms with Crippen LogP contribution in [-0.2, 0) is 19.1 Å². The van der Waals surface area contributed by atoms with Crippen molar-refractivity contribution in [3.63, 3.8) is 0 Å². The Morgan fingerprint density at radius 3 is 1.38 bits per heavy atom. The SMILES string of the molecule is COC(=O)/C(C(=O)c1cccs1)=C(\C(=O)OC)C(=O)c1cccs1. The predicted molar refractivity (Wildman–Crippen MR) is 88.4 cm³/mol. The second-order valence-electron chi connectivity index (χ2n) is 4.35. The molecule has 8 heteroatoms. The largest absolute Gasteiger partial charge is 0.465 e. The Morgan fingerprint density at radius 1 is 0.750 bits per heavy atom. The van der Waals surface area contributed by atoms with E-state index in [4.69, 9.17) is 0 Å². The average Bonchev–Trinajstić information content (AvgIpc) is 3.30. The van der Waals surface area contributed by atoms with Gasteiger partial charge in [-0.25, -0.2) is 9.59 Å². The van der Waals surface area contributed by atoms with Gasteiger partial charge in [-0.3, -0.25) is 9.59 Å². The topological polar surface area (TPSA) is 86.7 Å². The number of esters is 2. The van der Waals surface area contributed by atoms with E-state index < -0.39 is 34.7 Å². The van der Waals surface area contributed by atoms with Gasteiger partial charge in [-0.05, 0) is 22.9 Å². The molecule has 2 aromatic rings. The normalized spacial score (nSPS) is 11.4. The van der Waals surface area contributed by atoms with Gasteiger partial charge in [0, 0.05) is 0 Å². The lowest BCUT2D eigenvalue weighted by molar-refractivity contribution is -0.138. The molecule has 0 radical (unpaired) electrons. The molecule has 6 nitrogen and oxygen atoms in total. The van der Waals surface area contributed by atoms with Crippen molar-refractivity contribution < 1.29 is 28.7 Å². The lowest BCUT2D eigenvalue weighted by atomic mass is 9.98. The number of ether oxygens (including phenoxy) is 2. The summed E-state index contributed by atoms with van der Waals surface area (Å²) in [5.41, 5.74) is -1.27. The molecule has 0 saturated heterocycles. The minimum atomic E-state index is -1.07. The van der Waals surface area contributed by atoms with E-state index in [1.54, 1.807) is 22.9 Å². The van der Waals surface area contributed by atoms with Gasteiger partial charge in [-0.2, -0.15) is 0 Å². The van der Waals surface area contributed by atoms with Gasteiger partial charge in [-0.15, -0.1) is 22.7 Å². The second-order valence-corrected chi connectivity index (χ2v) is 6.24. The highest BCUT2D eigenvalue weighted by Gasteiger charge is 2.34. The van der Waals surface area contributed by atoms with Crippen molar-refractivity contribution >= 4 is 46.2 Å². The fourth-order valence-corrected chi connectivity index (χ4v) is 3.22. The molecule has 0 spiro atoms. The number of hydrogen-bond acceptors (Lipinski definition) is 8. The predicted octanol–water partition coefficient (Wildman–Crippen LogP) is 2.52. The summed E-state index contributed by atoms with van der Waals surface area (Å²) in [6.07, 6.45) is 0. The standard InChI is InChI=1S/C16H12O6S2/c1-21-15(19)11(13(17)9-5-3-7-23-9)12(16(20)22-2)14(18)10-6-4-8-24-10/h3-8H,1-2H3/b12-11-. The fourth-order valence-electron chi connectivity index (χ4n) is 1.88. The Morgan fingerprint density at radius 2 is 1.12 bits per heavy atom. The fraction of sp³-hybridized carbons (Fsp3) is 0.125. The van der Waals surface area contributed by atoms with Crippen LogP contribution in [-0.4, -0.2) is 37.7 Å². The third kappa shape index (κ3) is 3.50.